The van der Waals surface area contributed by atoms with Crippen LogP contribution in [0.25, 0.3) is 0 Å². The lowest BCUT2D eigenvalue weighted by molar-refractivity contribution is 0.414. The van der Waals surface area contributed by atoms with Gasteiger partial charge in [0.1, 0.15) is 5.75 Å². The first-order valence-electron chi connectivity index (χ1n) is 4.90. The fourth-order valence-electron chi connectivity index (χ4n) is 1.17. The number of hydrogen-bond donors (Lipinski definition) is 1. The SMILES string of the molecule is COc1ccc(S(=O)(=O)NCCCCl)cc1Cl. The van der Waals surface area contributed by atoms with Crippen molar-refractivity contribution in [2.24, 2.45) is 0 Å². The van der Waals surface area contributed by atoms with Gasteiger partial charge in [-0.3, -0.25) is 0 Å². The number of ether oxygens (including phenoxy) is 1. The molecule has 0 aliphatic carbocycles. The summed E-state index contributed by atoms with van der Waals surface area (Å²) in [4.78, 5) is 0.109. The van der Waals surface area contributed by atoms with Gasteiger partial charge in [0, 0.05) is 12.4 Å². The van der Waals surface area contributed by atoms with Crippen molar-refractivity contribution in [3.05, 3.63) is 23.2 Å². The van der Waals surface area contributed by atoms with Crippen LogP contribution in [0, 0.1) is 0 Å². The molecule has 1 aromatic rings. The lowest BCUT2D eigenvalue weighted by Crippen LogP contribution is -2.25. The van der Waals surface area contributed by atoms with Crippen molar-refractivity contribution in [3.63, 3.8) is 0 Å². The molecule has 4 nitrogen and oxygen atoms in total. The predicted molar refractivity (Wildman–Crippen MR) is 68.5 cm³/mol. The summed E-state index contributed by atoms with van der Waals surface area (Å²) in [5, 5.41) is 0.257. The van der Waals surface area contributed by atoms with E-state index in [1.165, 1.54) is 25.3 Å². The van der Waals surface area contributed by atoms with E-state index in [0.717, 1.165) is 0 Å². The van der Waals surface area contributed by atoms with E-state index < -0.39 is 10.0 Å². The summed E-state index contributed by atoms with van der Waals surface area (Å²) in [7, 11) is -2.06. The minimum Gasteiger partial charge on any atom is -0.495 e. The van der Waals surface area contributed by atoms with E-state index in [1.54, 1.807) is 0 Å². The molecule has 0 aliphatic heterocycles. The Morgan fingerprint density at radius 1 is 1.41 bits per heavy atom. The first kappa shape index (κ1) is 14.6. The fraction of sp³-hybridized carbons (Fsp3) is 0.400. The van der Waals surface area contributed by atoms with E-state index in [9.17, 15) is 8.42 Å². The van der Waals surface area contributed by atoms with E-state index in [2.05, 4.69) is 4.72 Å². The van der Waals surface area contributed by atoms with Crippen molar-refractivity contribution in [1.82, 2.24) is 4.72 Å². The molecule has 0 aliphatic rings. The Bertz CT molecular complexity index is 476. The van der Waals surface area contributed by atoms with Crippen LogP contribution in [-0.4, -0.2) is 28.0 Å². The van der Waals surface area contributed by atoms with Crippen LogP contribution < -0.4 is 9.46 Å². The van der Waals surface area contributed by atoms with Crippen LogP contribution in [0.2, 0.25) is 5.02 Å². The molecule has 0 spiro atoms. The average molecular weight is 298 g/mol. The Morgan fingerprint density at radius 3 is 2.65 bits per heavy atom. The zero-order valence-electron chi connectivity index (χ0n) is 9.24. The molecule has 1 rings (SSSR count). The Labute approximate surface area is 111 Å². The molecule has 0 aromatic heterocycles. The van der Waals surface area contributed by atoms with Crippen molar-refractivity contribution in [2.75, 3.05) is 19.5 Å². The second-order valence-electron chi connectivity index (χ2n) is 3.24. The highest BCUT2D eigenvalue weighted by Gasteiger charge is 2.15. The molecule has 7 heteroatoms. The maximum absolute atomic E-state index is 11.8. The van der Waals surface area contributed by atoms with Gasteiger partial charge in [-0.25, -0.2) is 13.1 Å². The quantitative estimate of drug-likeness (QED) is 0.647. The van der Waals surface area contributed by atoms with E-state index in [4.69, 9.17) is 27.9 Å². The van der Waals surface area contributed by atoms with Gasteiger partial charge in [-0.1, -0.05) is 11.6 Å². The highest BCUT2D eigenvalue weighted by atomic mass is 35.5. The van der Waals surface area contributed by atoms with Gasteiger partial charge >= 0.3 is 0 Å². The molecule has 17 heavy (non-hydrogen) atoms. The molecule has 0 saturated heterocycles. The highest BCUT2D eigenvalue weighted by molar-refractivity contribution is 7.89. The monoisotopic (exact) mass is 297 g/mol. The van der Waals surface area contributed by atoms with Gasteiger partial charge in [0.15, 0.2) is 0 Å². The number of rotatable bonds is 6. The number of alkyl halides is 1. The topological polar surface area (TPSA) is 55.4 Å². The van der Waals surface area contributed by atoms with Crippen LogP contribution in [0.3, 0.4) is 0 Å². The summed E-state index contributed by atoms with van der Waals surface area (Å²) in [6, 6.07) is 4.30. The number of methoxy groups -OCH3 is 1. The molecule has 1 N–H and O–H groups in total. The van der Waals surface area contributed by atoms with E-state index >= 15 is 0 Å². The molecule has 0 amide bonds. The second-order valence-corrected chi connectivity index (χ2v) is 5.79. The highest BCUT2D eigenvalue weighted by Crippen LogP contribution is 2.26. The van der Waals surface area contributed by atoms with Crippen LogP contribution in [0.5, 0.6) is 5.75 Å². The van der Waals surface area contributed by atoms with Crippen LogP contribution in [0.4, 0.5) is 0 Å². The molecule has 0 bridgehead atoms. The normalized spacial score (nSPS) is 11.5. The molecule has 0 atom stereocenters. The molecule has 1 aromatic carbocycles. The van der Waals surface area contributed by atoms with Crippen LogP contribution in [0.15, 0.2) is 23.1 Å². The average Bonchev–Trinajstić information content (AvgIpc) is 2.29. The van der Waals surface area contributed by atoms with Crippen LogP contribution >= 0.6 is 23.2 Å². The van der Waals surface area contributed by atoms with Crippen molar-refractivity contribution >= 4 is 33.2 Å². The zero-order chi connectivity index (χ0) is 12.9. The number of halogens is 2. The minimum absolute atomic E-state index is 0.109. The van der Waals surface area contributed by atoms with Crippen molar-refractivity contribution < 1.29 is 13.2 Å². The van der Waals surface area contributed by atoms with Gasteiger partial charge in [-0.15, -0.1) is 11.6 Å². The van der Waals surface area contributed by atoms with Crippen molar-refractivity contribution in [3.8, 4) is 5.75 Å². The van der Waals surface area contributed by atoms with Gasteiger partial charge < -0.3 is 4.74 Å². The molecular formula is C10H13Cl2NO3S. The molecule has 0 unspecified atom stereocenters. The smallest absolute Gasteiger partial charge is 0.240 e. The predicted octanol–water partition coefficient (Wildman–Crippen LogP) is 2.26. The molecular weight excluding hydrogens is 285 g/mol. The molecule has 0 fully saturated rings. The lowest BCUT2D eigenvalue weighted by Gasteiger charge is -2.08. The standard InChI is InChI=1S/C10H13Cl2NO3S/c1-16-10-4-3-8(7-9(10)12)17(14,15)13-6-2-5-11/h3-4,7,13H,2,5-6H2,1H3. The molecule has 0 heterocycles. The van der Waals surface area contributed by atoms with E-state index in [1.807, 2.05) is 0 Å². The second kappa shape index (κ2) is 6.44. The Morgan fingerprint density at radius 2 is 2.12 bits per heavy atom. The number of benzene rings is 1. The molecule has 96 valence electrons. The number of nitrogens with one attached hydrogen (secondary N) is 1. The lowest BCUT2D eigenvalue weighted by atomic mass is 10.3. The Kier molecular flexibility index (Phi) is 5.52. The minimum atomic E-state index is -3.53. The summed E-state index contributed by atoms with van der Waals surface area (Å²) in [6.07, 6.45) is 0.574. The third kappa shape index (κ3) is 4.03. The van der Waals surface area contributed by atoms with Gasteiger partial charge in [0.25, 0.3) is 0 Å². The van der Waals surface area contributed by atoms with E-state index in [-0.39, 0.29) is 9.92 Å². The first-order chi connectivity index (χ1) is 8.01. The van der Waals surface area contributed by atoms with Crippen molar-refractivity contribution in [2.45, 2.75) is 11.3 Å². The third-order valence-electron chi connectivity index (χ3n) is 2.04. The maximum atomic E-state index is 11.8. The Balaban J connectivity index is 2.88. The summed E-state index contributed by atoms with van der Waals surface area (Å²) in [6.45, 7) is 0.301. The molecule has 0 radical (unpaired) electrons. The maximum Gasteiger partial charge on any atom is 0.240 e. The van der Waals surface area contributed by atoms with Gasteiger partial charge in [0.05, 0.1) is 17.0 Å². The third-order valence-corrected chi connectivity index (χ3v) is 4.06. The largest absolute Gasteiger partial charge is 0.495 e. The summed E-state index contributed by atoms with van der Waals surface area (Å²) >= 11 is 11.3. The van der Waals surface area contributed by atoms with E-state index in [0.29, 0.717) is 24.6 Å². The summed E-state index contributed by atoms with van der Waals surface area (Å²) < 4.78 is 31.0. The van der Waals surface area contributed by atoms with Crippen LogP contribution in [0.1, 0.15) is 6.42 Å². The number of sulfonamides is 1. The Hall–Kier alpha value is -0.490. The fourth-order valence-corrected chi connectivity index (χ4v) is 2.73. The van der Waals surface area contributed by atoms with Gasteiger partial charge in [-0.2, -0.15) is 0 Å². The van der Waals surface area contributed by atoms with Crippen LogP contribution in [-0.2, 0) is 10.0 Å². The van der Waals surface area contributed by atoms with Crippen molar-refractivity contribution in [1.29, 1.82) is 0 Å². The van der Waals surface area contributed by atoms with Gasteiger partial charge in [0.2, 0.25) is 10.0 Å². The zero-order valence-corrected chi connectivity index (χ0v) is 11.6. The van der Waals surface area contributed by atoms with Gasteiger partial charge in [-0.05, 0) is 24.6 Å². The summed E-state index contributed by atoms with van der Waals surface area (Å²) in [5.74, 6) is 0.845. The number of hydrogen-bond acceptors (Lipinski definition) is 3. The molecule has 0 saturated carbocycles. The summed E-state index contributed by atoms with van der Waals surface area (Å²) in [5.41, 5.74) is 0. The first-order valence-corrected chi connectivity index (χ1v) is 7.30.